The summed E-state index contributed by atoms with van der Waals surface area (Å²) in [5, 5.41) is 2.77. The minimum atomic E-state index is -0.474. The van der Waals surface area contributed by atoms with E-state index >= 15 is 0 Å². The van der Waals surface area contributed by atoms with Crippen LogP contribution < -0.4 is 0 Å². The molecule has 38 heavy (non-hydrogen) atoms. The molecular formula is C29H37FN4O3S. The molecule has 204 valence electrons. The highest BCUT2D eigenvalue weighted by Gasteiger charge is 2.26. The predicted octanol–water partition coefficient (Wildman–Crippen LogP) is 5.72. The lowest BCUT2D eigenvalue weighted by Gasteiger charge is -2.40. The summed E-state index contributed by atoms with van der Waals surface area (Å²) in [6, 6.07) is 5.03. The zero-order valence-corrected chi connectivity index (χ0v) is 22.9. The average molecular weight is 541 g/mol. The number of rotatable bonds is 10. The number of nitrogens with one attached hydrogen (secondary N) is 1. The fourth-order valence-electron chi connectivity index (χ4n) is 5.75. The van der Waals surface area contributed by atoms with Gasteiger partial charge in [0.1, 0.15) is 11.9 Å². The van der Waals surface area contributed by atoms with E-state index in [-0.39, 0.29) is 17.6 Å². The Bertz CT molecular complexity index is 1240. The molecule has 1 N–H and O–H groups in total. The molecule has 2 fully saturated rings. The molecule has 0 amide bonds. The highest BCUT2D eigenvalue weighted by molar-refractivity contribution is 7.12. The summed E-state index contributed by atoms with van der Waals surface area (Å²) in [5.74, 6) is -0.816. The maximum absolute atomic E-state index is 13.5. The first-order valence-corrected chi connectivity index (χ1v) is 14.8. The number of fused-ring (bicyclic) bond motifs is 1. The van der Waals surface area contributed by atoms with Gasteiger partial charge in [-0.05, 0) is 89.4 Å². The number of thiazole rings is 1. The fraction of sp³-hybridized carbons (Fsp3) is 0.552. The van der Waals surface area contributed by atoms with Crippen molar-refractivity contribution < 1.29 is 18.7 Å². The van der Waals surface area contributed by atoms with Gasteiger partial charge < -0.3 is 19.5 Å². The Morgan fingerprint density at radius 2 is 1.97 bits per heavy atom. The van der Waals surface area contributed by atoms with Crippen LogP contribution >= 0.6 is 11.3 Å². The molecule has 0 aliphatic carbocycles. The number of nitrogens with zero attached hydrogens (tertiary/aromatic N) is 3. The van der Waals surface area contributed by atoms with Gasteiger partial charge in [-0.25, -0.2) is 9.37 Å². The SMILES string of the molecule is CCC(OC(=O)CCCN1CCC(N2CCCCC2)CC1)c1csc(C(=O)c2c[nH]c3cc(F)ccc23)n1. The van der Waals surface area contributed by atoms with Crippen molar-refractivity contribution in [2.45, 2.75) is 70.4 Å². The molecule has 3 aromatic rings. The molecule has 0 saturated carbocycles. The first kappa shape index (κ1) is 27.0. The van der Waals surface area contributed by atoms with Crippen molar-refractivity contribution in [2.75, 3.05) is 32.7 Å². The minimum Gasteiger partial charge on any atom is -0.456 e. The first-order chi connectivity index (χ1) is 18.5. The van der Waals surface area contributed by atoms with Crippen LogP contribution in [0.5, 0.6) is 0 Å². The lowest BCUT2D eigenvalue weighted by molar-refractivity contribution is -0.150. The third-order valence-electron chi connectivity index (χ3n) is 7.90. The maximum Gasteiger partial charge on any atom is 0.306 e. The van der Waals surface area contributed by atoms with Gasteiger partial charge in [-0.3, -0.25) is 9.59 Å². The molecule has 0 spiro atoms. The number of aromatic amines is 1. The van der Waals surface area contributed by atoms with E-state index < -0.39 is 6.10 Å². The minimum absolute atomic E-state index is 0.223. The Labute approximate surface area is 227 Å². The quantitative estimate of drug-likeness (QED) is 0.262. The van der Waals surface area contributed by atoms with Crippen molar-refractivity contribution in [3.8, 4) is 0 Å². The van der Waals surface area contributed by atoms with Gasteiger partial charge in [0, 0.05) is 34.9 Å². The number of hydrogen-bond donors (Lipinski definition) is 1. The second-order valence-corrected chi connectivity index (χ2v) is 11.3. The van der Waals surface area contributed by atoms with Crippen LogP contribution in [0.2, 0.25) is 0 Å². The second-order valence-electron chi connectivity index (χ2n) is 10.5. The van der Waals surface area contributed by atoms with E-state index in [9.17, 15) is 14.0 Å². The molecule has 2 aromatic heterocycles. The molecular weight excluding hydrogens is 503 g/mol. The van der Waals surface area contributed by atoms with Crippen LogP contribution in [0, 0.1) is 5.82 Å². The molecule has 0 bridgehead atoms. The van der Waals surface area contributed by atoms with Gasteiger partial charge in [-0.2, -0.15) is 0 Å². The van der Waals surface area contributed by atoms with Gasteiger partial charge in [-0.15, -0.1) is 11.3 Å². The average Bonchev–Trinajstić information content (AvgIpc) is 3.60. The zero-order valence-electron chi connectivity index (χ0n) is 22.1. The monoisotopic (exact) mass is 540 g/mol. The molecule has 2 aliphatic rings. The number of piperidine rings is 2. The molecule has 2 aliphatic heterocycles. The number of H-pyrrole nitrogens is 1. The maximum atomic E-state index is 13.5. The number of likely N-dealkylation sites (tertiary alicyclic amines) is 2. The Kier molecular flexibility index (Phi) is 8.86. The molecule has 9 heteroatoms. The first-order valence-electron chi connectivity index (χ1n) is 13.9. The van der Waals surface area contributed by atoms with Gasteiger partial charge in [0.15, 0.2) is 5.01 Å². The number of benzene rings is 1. The van der Waals surface area contributed by atoms with E-state index in [1.165, 1.54) is 68.7 Å². The number of ketones is 1. The number of esters is 1. The van der Waals surface area contributed by atoms with Gasteiger partial charge in [0.05, 0.1) is 11.3 Å². The van der Waals surface area contributed by atoms with Crippen LogP contribution in [-0.4, -0.2) is 70.3 Å². The molecule has 4 heterocycles. The van der Waals surface area contributed by atoms with Crippen molar-refractivity contribution in [2.24, 2.45) is 0 Å². The van der Waals surface area contributed by atoms with E-state index in [0.717, 1.165) is 32.1 Å². The van der Waals surface area contributed by atoms with Gasteiger partial charge in [0.2, 0.25) is 5.78 Å². The summed E-state index contributed by atoms with van der Waals surface area (Å²) < 4.78 is 19.3. The van der Waals surface area contributed by atoms with E-state index in [0.29, 0.717) is 40.0 Å². The number of ether oxygens (including phenoxy) is 1. The van der Waals surface area contributed by atoms with Crippen molar-refractivity contribution >= 4 is 34.0 Å². The summed E-state index contributed by atoms with van der Waals surface area (Å²) >= 11 is 1.24. The fourth-order valence-corrected chi connectivity index (χ4v) is 6.56. The molecule has 1 aromatic carbocycles. The molecule has 1 atom stereocenters. The van der Waals surface area contributed by atoms with Crippen LogP contribution in [-0.2, 0) is 9.53 Å². The topological polar surface area (TPSA) is 78.5 Å². The molecule has 2 saturated heterocycles. The van der Waals surface area contributed by atoms with E-state index in [1.54, 1.807) is 17.6 Å². The largest absolute Gasteiger partial charge is 0.456 e. The number of halogens is 1. The highest BCUT2D eigenvalue weighted by Crippen LogP contribution is 2.28. The highest BCUT2D eigenvalue weighted by atomic mass is 32.1. The number of carbonyl (C=O) groups excluding carboxylic acids is 2. The van der Waals surface area contributed by atoms with Crippen LogP contribution in [0.1, 0.15) is 85.5 Å². The van der Waals surface area contributed by atoms with Crippen molar-refractivity contribution in [3.63, 3.8) is 0 Å². The number of aromatic nitrogens is 2. The van der Waals surface area contributed by atoms with Gasteiger partial charge >= 0.3 is 5.97 Å². The molecule has 7 nitrogen and oxygen atoms in total. The number of hydrogen-bond acceptors (Lipinski definition) is 7. The van der Waals surface area contributed by atoms with Gasteiger partial charge in [-0.1, -0.05) is 13.3 Å². The van der Waals surface area contributed by atoms with E-state index in [2.05, 4.69) is 19.8 Å². The van der Waals surface area contributed by atoms with Crippen molar-refractivity contribution in [1.29, 1.82) is 0 Å². The van der Waals surface area contributed by atoms with E-state index in [4.69, 9.17) is 4.74 Å². The van der Waals surface area contributed by atoms with Crippen LogP contribution in [0.15, 0.2) is 29.8 Å². The molecule has 5 rings (SSSR count). The summed E-state index contributed by atoms with van der Waals surface area (Å²) in [6.45, 7) is 7.59. The van der Waals surface area contributed by atoms with E-state index in [1.807, 2.05) is 6.92 Å². The van der Waals surface area contributed by atoms with Crippen LogP contribution in [0.25, 0.3) is 10.9 Å². The predicted molar refractivity (Wildman–Crippen MR) is 147 cm³/mol. The summed E-state index contributed by atoms with van der Waals surface area (Å²) in [4.78, 5) is 38.3. The van der Waals surface area contributed by atoms with Crippen LogP contribution in [0.4, 0.5) is 4.39 Å². The Morgan fingerprint density at radius 1 is 1.18 bits per heavy atom. The zero-order chi connectivity index (χ0) is 26.5. The summed E-state index contributed by atoms with van der Waals surface area (Å²) in [5.41, 5.74) is 1.61. The summed E-state index contributed by atoms with van der Waals surface area (Å²) in [6.07, 6.45) is 9.36. The van der Waals surface area contributed by atoms with Crippen molar-refractivity contribution in [3.05, 3.63) is 51.9 Å². The smallest absolute Gasteiger partial charge is 0.306 e. The second kappa shape index (κ2) is 12.5. The Balaban J connectivity index is 1.08. The normalized spacial score (nSPS) is 18.6. The lowest BCUT2D eigenvalue weighted by atomic mass is 10.00. The Hall–Kier alpha value is -2.62. The lowest BCUT2D eigenvalue weighted by Crippen LogP contribution is -2.46. The molecule has 0 radical (unpaired) electrons. The van der Waals surface area contributed by atoms with Crippen molar-refractivity contribution in [1.82, 2.24) is 19.8 Å². The number of carbonyl (C=O) groups is 2. The molecule has 1 unspecified atom stereocenters. The Morgan fingerprint density at radius 3 is 2.74 bits per heavy atom. The van der Waals surface area contributed by atoms with Gasteiger partial charge in [0.25, 0.3) is 0 Å². The summed E-state index contributed by atoms with van der Waals surface area (Å²) in [7, 11) is 0. The third-order valence-corrected chi connectivity index (χ3v) is 8.76. The standard InChI is InChI=1S/C29H37FN4O3S/c1-2-26(25-19-38-29(32-25)28(36)23-18-31-24-17-20(30)8-9-22(23)24)37-27(35)7-6-12-33-15-10-21(11-16-33)34-13-4-3-5-14-34/h8-9,17-19,21,26,31H,2-7,10-16H2,1H3. The van der Waals surface area contributed by atoms with Crippen LogP contribution in [0.3, 0.4) is 0 Å². The third kappa shape index (κ3) is 6.33.